The molecule has 0 saturated carbocycles. The van der Waals surface area contributed by atoms with Crippen LogP contribution in [0.4, 0.5) is 11.5 Å². The molecule has 1 saturated heterocycles. The molecule has 1 aromatic rings. The largest absolute Gasteiger partial charge is 0.479 e. The lowest BCUT2D eigenvalue weighted by molar-refractivity contribution is 0.193. The van der Waals surface area contributed by atoms with Gasteiger partial charge in [0.15, 0.2) is 0 Å². The van der Waals surface area contributed by atoms with E-state index in [2.05, 4.69) is 9.88 Å². The zero-order valence-electron chi connectivity index (χ0n) is 9.64. The van der Waals surface area contributed by atoms with Gasteiger partial charge in [-0.1, -0.05) is 0 Å². The summed E-state index contributed by atoms with van der Waals surface area (Å²) in [5, 5.41) is 0. The predicted molar refractivity (Wildman–Crippen MR) is 62.8 cm³/mol. The number of nitrogens with zero attached hydrogens (tertiary/aromatic N) is 2. The van der Waals surface area contributed by atoms with Crippen LogP contribution in [0.2, 0.25) is 0 Å². The fourth-order valence-corrected chi connectivity index (χ4v) is 1.82. The lowest BCUT2D eigenvalue weighted by Crippen LogP contribution is -2.32. The Morgan fingerprint density at radius 2 is 2.38 bits per heavy atom. The Balaban J connectivity index is 2.19. The van der Waals surface area contributed by atoms with Gasteiger partial charge in [0.2, 0.25) is 5.88 Å². The van der Waals surface area contributed by atoms with E-state index in [-0.39, 0.29) is 0 Å². The Morgan fingerprint density at radius 3 is 3.00 bits per heavy atom. The summed E-state index contributed by atoms with van der Waals surface area (Å²) >= 11 is 0. The second-order valence-electron chi connectivity index (χ2n) is 3.90. The number of hydrogen-bond acceptors (Lipinski definition) is 5. The smallest absolute Gasteiger partial charge is 0.238 e. The Hall–Kier alpha value is -1.49. The third-order valence-corrected chi connectivity index (χ3v) is 2.88. The van der Waals surface area contributed by atoms with E-state index in [0.29, 0.717) is 17.6 Å². The van der Waals surface area contributed by atoms with E-state index in [1.807, 2.05) is 19.2 Å². The molecule has 1 aliphatic rings. The number of rotatable bonds is 3. The minimum absolute atomic E-state index is 0.390. The van der Waals surface area contributed by atoms with E-state index in [1.165, 1.54) is 0 Å². The Labute approximate surface area is 95.2 Å². The molecule has 0 bridgehead atoms. The highest BCUT2D eigenvalue weighted by Gasteiger charge is 2.21. The molecule has 88 valence electrons. The minimum Gasteiger partial charge on any atom is -0.479 e. The number of nitrogens with two attached hydrogens (primary N) is 1. The first-order valence-corrected chi connectivity index (χ1v) is 5.33. The van der Waals surface area contributed by atoms with E-state index >= 15 is 0 Å². The molecule has 2 rings (SSSR count). The van der Waals surface area contributed by atoms with Crippen molar-refractivity contribution >= 4 is 11.5 Å². The third-order valence-electron chi connectivity index (χ3n) is 2.88. The number of ether oxygens (including phenoxy) is 2. The molecule has 0 aliphatic carbocycles. The lowest BCUT2D eigenvalue weighted by atomic mass is 10.2. The van der Waals surface area contributed by atoms with Gasteiger partial charge in [0, 0.05) is 13.7 Å². The molecule has 2 N–H and O–H groups in total. The highest BCUT2D eigenvalue weighted by molar-refractivity contribution is 5.54. The molecule has 1 aliphatic heterocycles. The van der Waals surface area contributed by atoms with Crippen LogP contribution >= 0.6 is 0 Å². The molecule has 1 fully saturated rings. The molecule has 5 heteroatoms. The highest BCUT2D eigenvalue weighted by atomic mass is 16.5. The van der Waals surface area contributed by atoms with Crippen molar-refractivity contribution in [1.29, 1.82) is 0 Å². The number of nitrogen functional groups attached to an aromatic ring is 1. The number of likely N-dealkylation sites (N-methyl/N-ethyl adjacent to an activating group) is 1. The molecule has 5 nitrogen and oxygen atoms in total. The minimum atomic E-state index is 0.390. The first kappa shape index (κ1) is 11.0. The van der Waals surface area contributed by atoms with Crippen LogP contribution in [0.3, 0.4) is 0 Å². The van der Waals surface area contributed by atoms with Crippen molar-refractivity contribution in [2.24, 2.45) is 0 Å². The van der Waals surface area contributed by atoms with Crippen LogP contribution in [0.15, 0.2) is 12.1 Å². The highest BCUT2D eigenvalue weighted by Crippen LogP contribution is 2.24. The Bertz CT molecular complexity index is 364. The van der Waals surface area contributed by atoms with Gasteiger partial charge < -0.3 is 20.1 Å². The summed E-state index contributed by atoms with van der Waals surface area (Å²) in [6.45, 7) is 1.58. The molecule has 0 amide bonds. The van der Waals surface area contributed by atoms with Gasteiger partial charge in [-0.15, -0.1) is 0 Å². The summed E-state index contributed by atoms with van der Waals surface area (Å²) in [5.41, 5.74) is 6.28. The van der Waals surface area contributed by atoms with Crippen molar-refractivity contribution in [2.45, 2.75) is 12.5 Å². The van der Waals surface area contributed by atoms with Gasteiger partial charge in [-0.25, -0.2) is 0 Å². The maximum atomic E-state index is 5.72. The van der Waals surface area contributed by atoms with E-state index in [0.717, 1.165) is 25.5 Å². The SMILES string of the molecule is COc1nc(N(C)C2CCOC2)ccc1N. The average molecular weight is 223 g/mol. The van der Waals surface area contributed by atoms with Crippen molar-refractivity contribution in [3.63, 3.8) is 0 Å². The van der Waals surface area contributed by atoms with Crippen molar-refractivity contribution in [3.05, 3.63) is 12.1 Å². The maximum Gasteiger partial charge on any atom is 0.238 e. The standard InChI is InChI=1S/C11H17N3O2/c1-14(8-5-6-16-7-8)10-4-3-9(12)11(13-10)15-2/h3-4,8H,5-7,12H2,1-2H3. The second-order valence-corrected chi connectivity index (χ2v) is 3.90. The first-order chi connectivity index (χ1) is 7.72. The van der Waals surface area contributed by atoms with Gasteiger partial charge in [0.1, 0.15) is 5.82 Å². The van der Waals surface area contributed by atoms with Gasteiger partial charge in [-0.3, -0.25) is 0 Å². The van der Waals surface area contributed by atoms with Crippen LogP contribution in [-0.2, 0) is 4.74 Å². The fourth-order valence-electron chi connectivity index (χ4n) is 1.82. The van der Waals surface area contributed by atoms with Gasteiger partial charge >= 0.3 is 0 Å². The molecular weight excluding hydrogens is 206 g/mol. The monoisotopic (exact) mass is 223 g/mol. The van der Waals surface area contributed by atoms with Crippen molar-refractivity contribution in [3.8, 4) is 5.88 Å². The van der Waals surface area contributed by atoms with E-state index in [4.69, 9.17) is 15.2 Å². The summed E-state index contributed by atoms with van der Waals surface area (Å²) in [6.07, 6.45) is 1.03. The number of pyridine rings is 1. The van der Waals surface area contributed by atoms with Gasteiger partial charge in [0.05, 0.1) is 25.4 Å². The summed E-state index contributed by atoms with van der Waals surface area (Å²) in [6, 6.07) is 4.10. The fraction of sp³-hybridized carbons (Fsp3) is 0.545. The summed E-state index contributed by atoms with van der Waals surface area (Å²) in [4.78, 5) is 6.46. The molecule has 0 aromatic carbocycles. The molecule has 16 heavy (non-hydrogen) atoms. The quantitative estimate of drug-likeness (QED) is 0.825. The first-order valence-electron chi connectivity index (χ1n) is 5.33. The number of methoxy groups -OCH3 is 1. The number of aromatic nitrogens is 1. The van der Waals surface area contributed by atoms with Crippen LogP contribution in [0.25, 0.3) is 0 Å². The maximum absolute atomic E-state index is 5.72. The summed E-state index contributed by atoms with van der Waals surface area (Å²) < 4.78 is 10.5. The summed E-state index contributed by atoms with van der Waals surface area (Å²) in [7, 11) is 3.58. The molecule has 1 aromatic heterocycles. The van der Waals surface area contributed by atoms with E-state index in [1.54, 1.807) is 7.11 Å². The zero-order valence-corrected chi connectivity index (χ0v) is 9.64. The van der Waals surface area contributed by atoms with Gasteiger partial charge in [-0.05, 0) is 18.6 Å². The molecule has 0 radical (unpaired) electrons. The normalized spacial score (nSPS) is 19.8. The van der Waals surface area contributed by atoms with Crippen molar-refractivity contribution in [1.82, 2.24) is 4.98 Å². The molecule has 2 heterocycles. The lowest BCUT2D eigenvalue weighted by Gasteiger charge is -2.24. The Kier molecular flexibility index (Phi) is 3.14. The second kappa shape index (κ2) is 4.57. The van der Waals surface area contributed by atoms with E-state index < -0.39 is 0 Å². The van der Waals surface area contributed by atoms with Gasteiger partial charge in [0.25, 0.3) is 0 Å². The van der Waals surface area contributed by atoms with Crippen molar-refractivity contribution < 1.29 is 9.47 Å². The van der Waals surface area contributed by atoms with Crippen LogP contribution in [0, 0.1) is 0 Å². The topological polar surface area (TPSA) is 60.6 Å². The summed E-state index contributed by atoms with van der Waals surface area (Å²) in [5.74, 6) is 1.34. The number of hydrogen-bond donors (Lipinski definition) is 1. The molecule has 1 atom stereocenters. The van der Waals surface area contributed by atoms with Crippen LogP contribution in [0.1, 0.15) is 6.42 Å². The van der Waals surface area contributed by atoms with Crippen LogP contribution in [-0.4, -0.2) is 38.4 Å². The molecule has 0 spiro atoms. The van der Waals surface area contributed by atoms with E-state index in [9.17, 15) is 0 Å². The molecule has 1 unspecified atom stereocenters. The number of anilines is 2. The molecular formula is C11H17N3O2. The van der Waals surface area contributed by atoms with Gasteiger partial charge in [-0.2, -0.15) is 4.98 Å². The zero-order chi connectivity index (χ0) is 11.5. The predicted octanol–water partition coefficient (Wildman–Crippen LogP) is 0.897. The Morgan fingerprint density at radius 1 is 1.56 bits per heavy atom. The average Bonchev–Trinajstić information content (AvgIpc) is 2.82. The van der Waals surface area contributed by atoms with Crippen LogP contribution in [0.5, 0.6) is 5.88 Å². The third kappa shape index (κ3) is 2.04. The van der Waals surface area contributed by atoms with Crippen LogP contribution < -0.4 is 15.4 Å². The van der Waals surface area contributed by atoms with Crippen molar-refractivity contribution in [2.75, 3.05) is 38.0 Å².